The molecule has 1 N–H and O–H groups in total. The van der Waals surface area contributed by atoms with E-state index in [1.165, 1.54) is 18.5 Å². The van der Waals surface area contributed by atoms with E-state index in [-0.39, 0.29) is 11.7 Å². The minimum atomic E-state index is -0.261. The number of hydrogen-bond donors (Lipinski definition) is 1. The first-order valence-corrected chi connectivity index (χ1v) is 8.94. The van der Waals surface area contributed by atoms with Gasteiger partial charge < -0.3 is 14.7 Å². The Hall–Kier alpha value is -3.08. The van der Waals surface area contributed by atoms with Crippen LogP contribution in [0.1, 0.15) is 29.0 Å². The van der Waals surface area contributed by atoms with Gasteiger partial charge in [-0.1, -0.05) is 47.6 Å². The zero-order valence-electron chi connectivity index (χ0n) is 14.5. The van der Waals surface area contributed by atoms with Crippen molar-refractivity contribution in [1.29, 1.82) is 0 Å². The highest BCUT2D eigenvalue weighted by molar-refractivity contribution is 5.92. The highest BCUT2D eigenvalue weighted by Gasteiger charge is 2.14. The van der Waals surface area contributed by atoms with E-state index in [9.17, 15) is 4.79 Å². The molecule has 1 saturated heterocycles. The lowest BCUT2D eigenvalue weighted by Gasteiger charge is -2.17. The second-order valence-corrected chi connectivity index (χ2v) is 6.49. The molecule has 1 aliphatic heterocycles. The third-order valence-electron chi connectivity index (χ3n) is 4.66. The highest BCUT2D eigenvalue weighted by atomic mass is 16.5. The van der Waals surface area contributed by atoms with E-state index in [0.717, 1.165) is 24.2 Å². The molecule has 0 spiro atoms. The highest BCUT2D eigenvalue weighted by Crippen LogP contribution is 2.21. The molecule has 1 fully saturated rings. The van der Waals surface area contributed by atoms with Gasteiger partial charge in [0, 0.05) is 37.0 Å². The maximum Gasteiger partial charge on any atom is 0.290 e. The second-order valence-electron chi connectivity index (χ2n) is 6.49. The third kappa shape index (κ3) is 3.61. The molecule has 1 aliphatic rings. The lowest BCUT2D eigenvalue weighted by atomic mass is 10.1. The minimum absolute atomic E-state index is 0.220. The Bertz CT molecular complexity index is 866. The zero-order valence-corrected chi connectivity index (χ0v) is 14.5. The Labute approximate surface area is 152 Å². The van der Waals surface area contributed by atoms with Gasteiger partial charge in [0.1, 0.15) is 5.69 Å². The molecule has 0 aliphatic carbocycles. The quantitative estimate of drug-likeness (QED) is 0.761. The van der Waals surface area contributed by atoms with Gasteiger partial charge >= 0.3 is 0 Å². The summed E-state index contributed by atoms with van der Waals surface area (Å²) >= 11 is 0. The van der Waals surface area contributed by atoms with Gasteiger partial charge in [0.2, 0.25) is 5.76 Å². The molecule has 0 unspecified atom stereocenters. The molecule has 3 aromatic rings. The maximum atomic E-state index is 12.3. The van der Waals surface area contributed by atoms with Gasteiger partial charge in [-0.3, -0.25) is 4.79 Å². The molecule has 5 nitrogen and oxygen atoms in total. The Balaban J connectivity index is 1.36. The average Bonchev–Trinajstić information content (AvgIpc) is 3.39. The molecule has 0 atom stereocenters. The van der Waals surface area contributed by atoms with Crippen LogP contribution < -0.4 is 10.2 Å². The van der Waals surface area contributed by atoms with Gasteiger partial charge in [-0.25, -0.2) is 0 Å². The lowest BCUT2D eigenvalue weighted by molar-refractivity contribution is 0.0914. The standard InChI is InChI=1S/C21H21N3O2/c25-21(20-14-19(23-26-20)17-6-2-1-3-7-17)22-15-16-8-10-18(11-9-16)24-12-4-5-13-24/h1-3,6-11,14H,4-5,12-13,15H2,(H,22,25). The van der Waals surface area contributed by atoms with Crippen molar-refractivity contribution in [2.75, 3.05) is 18.0 Å². The van der Waals surface area contributed by atoms with E-state index in [0.29, 0.717) is 12.2 Å². The number of anilines is 1. The molecule has 2 aromatic carbocycles. The van der Waals surface area contributed by atoms with Crippen LogP contribution in [0.15, 0.2) is 65.2 Å². The number of hydrogen-bond acceptors (Lipinski definition) is 4. The second kappa shape index (κ2) is 7.44. The predicted molar refractivity (Wildman–Crippen MR) is 101 cm³/mol. The number of amides is 1. The van der Waals surface area contributed by atoms with Gasteiger partial charge in [0.25, 0.3) is 5.91 Å². The summed E-state index contributed by atoms with van der Waals surface area (Å²) in [5, 5.41) is 6.86. The largest absolute Gasteiger partial charge is 0.372 e. The van der Waals surface area contributed by atoms with Gasteiger partial charge in [0.15, 0.2) is 0 Å². The maximum absolute atomic E-state index is 12.3. The molecular weight excluding hydrogens is 326 g/mol. The summed E-state index contributed by atoms with van der Waals surface area (Å²) in [6, 6.07) is 19.7. The van der Waals surface area contributed by atoms with Crippen molar-refractivity contribution in [2.45, 2.75) is 19.4 Å². The molecule has 26 heavy (non-hydrogen) atoms. The van der Waals surface area contributed by atoms with Crippen LogP contribution in [0.25, 0.3) is 11.3 Å². The van der Waals surface area contributed by atoms with Crippen molar-refractivity contribution in [3.05, 3.63) is 72.0 Å². The van der Waals surface area contributed by atoms with Crippen molar-refractivity contribution in [3.8, 4) is 11.3 Å². The van der Waals surface area contributed by atoms with Crippen LogP contribution in [-0.4, -0.2) is 24.2 Å². The number of carbonyl (C=O) groups is 1. The van der Waals surface area contributed by atoms with E-state index in [4.69, 9.17) is 4.52 Å². The van der Waals surface area contributed by atoms with Crippen molar-refractivity contribution in [3.63, 3.8) is 0 Å². The molecular formula is C21H21N3O2. The molecule has 0 bridgehead atoms. The smallest absolute Gasteiger partial charge is 0.290 e. The number of nitrogens with zero attached hydrogens (tertiary/aromatic N) is 2. The summed E-state index contributed by atoms with van der Waals surface area (Å²) in [6.07, 6.45) is 2.53. The first kappa shape index (κ1) is 16.4. The fraction of sp³-hybridized carbons (Fsp3) is 0.238. The number of benzene rings is 2. The molecule has 132 valence electrons. The Morgan fingerprint density at radius 1 is 1.04 bits per heavy atom. The summed E-state index contributed by atoms with van der Waals surface area (Å²) in [5.74, 6) is -0.0409. The van der Waals surface area contributed by atoms with E-state index in [2.05, 4.69) is 39.6 Å². The Morgan fingerprint density at radius 3 is 2.50 bits per heavy atom. The molecule has 4 rings (SSSR count). The average molecular weight is 347 g/mol. The van der Waals surface area contributed by atoms with Crippen LogP contribution >= 0.6 is 0 Å². The van der Waals surface area contributed by atoms with Gasteiger partial charge in [-0.15, -0.1) is 0 Å². The van der Waals surface area contributed by atoms with E-state index in [1.54, 1.807) is 6.07 Å². The Kier molecular flexibility index (Phi) is 4.69. The fourth-order valence-electron chi connectivity index (χ4n) is 3.20. The SMILES string of the molecule is O=C(NCc1ccc(N2CCCC2)cc1)c1cc(-c2ccccc2)no1. The molecule has 5 heteroatoms. The number of carbonyl (C=O) groups excluding carboxylic acids is 1. The monoisotopic (exact) mass is 347 g/mol. The summed E-state index contributed by atoms with van der Waals surface area (Å²) in [4.78, 5) is 14.7. The summed E-state index contributed by atoms with van der Waals surface area (Å²) in [5.41, 5.74) is 3.89. The normalized spacial score (nSPS) is 13.8. The van der Waals surface area contributed by atoms with Crippen molar-refractivity contribution < 1.29 is 9.32 Å². The van der Waals surface area contributed by atoms with E-state index >= 15 is 0 Å². The minimum Gasteiger partial charge on any atom is -0.372 e. The molecule has 0 radical (unpaired) electrons. The Morgan fingerprint density at radius 2 is 1.77 bits per heavy atom. The summed E-state index contributed by atoms with van der Waals surface area (Å²) in [7, 11) is 0. The van der Waals surface area contributed by atoms with Crippen LogP contribution in [0.5, 0.6) is 0 Å². The van der Waals surface area contributed by atoms with Crippen LogP contribution in [0.4, 0.5) is 5.69 Å². The summed E-state index contributed by atoms with van der Waals surface area (Å²) < 4.78 is 5.19. The topological polar surface area (TPSA) is 58.4 Å². The van der Waals surface area contributed by atoms with Gasteiger partial charge in [-0.05, 0) is 30.5 Å². The van der Waals surface area contributed by atoms with Crippen LogP contribution in [0.3, 0.4) is 0 Å². The summed E-state index contributed by atoms with van der Waals surface area (Å²) in [6.45, 7) is 2.72. The third-order valence-corrected chi connectivity index (χ3v) is 4.66. The molecule has 0 saturated carbocycles. The van der Waals surface area contributed by atoms with E-state index < -0.39 is 0 Å². The van der Waals surface area contributed by atoms with E-state index in [1.807, 2.05) is 30.3 Å². The number of aromatic nitrogens is 1. The molecule has 1 amide bonds. The lowest BCUT2D eigenvalue weighted by Crippen LogP contribution is -2.22. The molecule has 1 aromatic heterocycles. The molecule has 2 heterocycles. The fourth-order valence-corrected chi connectivity index (χ4v) is 3.20. The predicted octanol–water partition coefficient (Wildman–Crippen LogP) is 3.87. The van der Waals surface area contributed by atoms with Crippen molar-refractivity contribution in [1.82, 2.24) is 10.5 Å². The van der Waals surface area contributed by atoms with Gasteiger partial charge in [0.05, 0.1) is 0 Å². The zero-order chi connectivity index (χ0) is 17.8. The first-order valence-electron chi connectivity index (χ1n) is 8.94. The van der Waals surface area contributed by atoms with Crippen molar-refractivity contribution >= 4 is 11.6 Å². The van der Waals surface area contributed by atoms with Crippen LogP contribution in [-0.2, 0) is 6.54 Å². The van der Waals surface area contributed by atoms with Crippen LogP contribution in [0.2, 0.25) is 0 Å². The van der Waals surface area contributed by atoms with Gasteiger partial charge in [-0.2, -0.15) is 0 Å². The van der Waals surface area contributed by atoms with Crippen LogP contribution in [0, 0.1) is 0 Å². The van der Waals surface area contributed by atoms with Crippen molar-refractivity contribution in [2.24, 2.45) is 0 Å². The first-order chi connectivity index (χ1) is 12.8. The number of rotatable bonds is 5. The number of nitrogens with one attached hydrogen (secondary N) is 1.